The van der Waals surface area contributed by atoms with E-state index in [-0.39, 0.29) is 0 Å². The minimum atomic E-state index is 0.648. The van der Waals surface area contributed by atoms with Crippen LogP contribution in [0.25, 0.3) is 0 Å². The molecule has 1 aliphatic heterocycles. The van der Waals surface area contributed by atoms with E-state index >= 15 is 0 Å². The van der Waals surface area contributed by atoms with Crippen molar-refractivity contribution in [2.24, 2.45) is 5.92 Å². The quantitative estimate of drug-likeness (QED) is 0.858. The van der Waals surface area contributed by atoms with Crippen molar-refractivity contribution >= 4 is 5.69 Å². The second-order valence-electron chi connectivity index (χ2n) is 5.02. The standard InChI is InChI=1S/C15H24N2/c1-4-13-7-5-6-8-15(13)17-10-9-14(11-16-3)12(17)2/h5-8,12,14,16H,4,9-11H2,1-3H3. The lowest BCUT2D eigenvalue weighted by molar-refractivity contribution is 0.473. The van der Waals surface area contributed by atoms with Gasteiger partial charge in [0.25, 0.3) is 0 Å². The van der Waals surface area contributed by atoms with Crippen molar-refractivity contribution in [1.82, 2.24) is 5.32 Å². The topological polar surface area (TPSA) is 15.3 Å². The number of hydrogen-bond donors (Lipinski definition) is 1. The van der Waals surface area contributed by atoms with Crippen LogP contribution in [-0.2, 0) is 6.42 Å². The molecule has 0 radical (unpaired) electrons. The van der Waals surface area contributed by atoms with Crippen LogP contribution < -0.4 is 10.2 Å². The summed E-state index contributed by atoms with van der Waals surface area (Å²) in [6, 6.07) is 9.49. The van der Waals surface area contributed by atoms with Gasteiger partial charge >= 0.3 is 0 Å². The number of benzene rings is 1. The summed E-state index contributed by atoms with van der Waals surface area (Å²) < 4.78 is 0. The van der Waals surface area contributed by atoms with Gasteiger partial charge in [-0.3, -0.25) is 0 Å². The van der Waals surface area contributed by atoms with Gasteiger partial charge in [-0.2, -0.15) is 0 Å². The first-order valence-electron chi connectivity index (χ1n) is 6.77. The number of para-hydroxylation sites is 1. The predicted octanol–water partition coefficient (Wildman–Crippen LogP) is 2.68. The van der Waals surface area contributed by atoms with Crippen molar-refractivity contribution in [1.29, 1.82) is 0 Å². The summed E-state index contributed by atoms with van der Waals surface area (Å²) in [5, 5.41) is 3.31. The van der Waals surface area contributed by atoms with E-state index in [1.165, 1.54) is 24.2 Å². The van der Waals surface area contributed by atoms with Crippen molar-refractivity contribution in [3.8, 4) is 0 Å². The first kappa shape index (κ1) is 12.4. The van der Waals surface area contributed by atoms with Crippen molar-refractivity contribution in [3.05, 3.63) is 29.8 Å². The van der Waals surface area contributed by atoms with Crippen LogP contribution in [0, 0.1) is 5.92 Å². The molecular weight excluding hydrogens is 208 g/mol. The van der Waals surface area contributed by atoms with Crippen LogP contribution in [0.4, 0.5) is 5.69 Å². The highest BCUT2D eigenvalue weighted by Crippen LogP contribution is 2.31. The third-order valence-electron chi connectivity index (χ3n) is 4.06. The van der Waals surface area contributed by atoms with Gasteiger partial charge in [0.15, 0.2) is 0 Å². The third-order valence-corrected chi connectivity index (χ3v) is 4.06. The van der Waals surface area contributed by atoms with E-state index in [0.717, 1.165) is 18.9 Å². The summed E-state index contributed by atoms with van der Waals surface area (Å²) in [5.41, 5.74) is 2.92. The Morgan fingerprint density at radius 1 is 1.35 bits per heavy atom. The van der Waals surface area contributed by atoms with Gasteiger partial charge in [0.05, 0.1) is 0 Å². The zero-order valence-corrected chi connectivity index (χ0v) is 11.2. The molecule has 2 unspecified atom stereocenters. The summed E-state index contributed by atoms with van der Waals surface area (Å²) in [6.07, 6.45) is 2.43. The second kappa shape index (κ2) is 5.54. The molecule has 0 aromatic heterocycles. The molecule has 1 fully saturated rings. The van der Waals surface area contributed by atoms with Gasteiger partial charge in [0, 0.05) is 18.3 Å². The average molecular weight is 232 g/mol. The van der Waals surface area contributed by atoms with Gasteiger partial charge < -0.3 is 10.2 Å². The van der Waals surface area contributed by atoms with Crippen LogP contribution in [0.2, 0.25) is 0 Å². The summed E-state index contributed by atoms with van der Waals surface area (Å²) >= 11 is 0. The molecule has 2 rings (SSSR count). The molecule has 2 atom stereocenters. The number of nitrogens with zero attached hydrogens (tertiary/aromatic N) is 1. The van der Waals surface area contributed by atoms with Crippen LogP contribution >= 0.6 is 0 Å². The molecule has 1 heterocycles. The number of aryl methyl sites for hydroxylation is 1. The van der Waals surface area contributed by atoms with Crippen LogP contribution in [0.1, 0.15) is 25.8 Å². The highest BCUT2D eigenvalue weighted by Gasteiger charge is 2.30. The Labute approximate surface area is 105 Å². The smallest absolute Gasteiger partial charge is 0.0401 e. The largest absolute Gasteiger partial charge is 0.368 e. The first-order chi connectivity index (χ1) is 8.27. The summed E-state index contributed by atoms with van der Waals surface area (Å²) in [5.74, 6) is 0.782. The molecule has 2 nitrogen and oxygen atoms in total. The Morgan fingerprint density at radius 2 is 2.12 bits per heavy atom. The molecule has 0 bridgehead atoms. The molecular formula is C15H24N2. The maximum atomic E-state index is 3.31. The molecule has 1 aromatic rings. The van der Waals surface area contributed by atoms with E-state index in [4.69, 9.17) is 0 Å². The Kier molecular flexibility index (Phi) is 4.06. The highest BCUT2D eigenvalue weighted by molar-refractivity contribution is 5.55. The molecule has 0 spiro atoms. The van der Waals surface area contributed by atoms with Gasteiger partial charge in [0.1, 0.15) is 0 Å². The van der Waals surface area contributed by atoms with Gasteiger partial charge in [0.2, 0.25) is 0 Å². The van der Waals surface area contributed by atoms with Crippen LogP contribution in [-0.4, -0.2) is 26.2 Å². The lowest BCUT2D eigenvalue weighted by atomic mass is 10.0. The van der Waals surface area contributed by atoms with E-state index in [2.05, 4.69) is 55.4 Å². The van der Waals surface area contributed by atoms with Gasteiger partial charge in [-0.25, -0.2) is 0 Å². The predicted molar refractivity (Wildman–Crippen MR) is 74.7 cm³/mol. The molecule has 1 saturated heterocycles. The zero-order chi connectivity index (χ0) is 12.3. The summed E-state index contributed by atoms with van der Waals surface area (Å²) in [4.78, 5) is 2.58. The molecule has 17 heavy (non-hydrogen) atoms. The fraction of sp³-hybridized carbons (Fsp3) is 0.600. The molecule has 0 amide bonds. The van der Waals surface area contributed by atoms with Crippen molar-refractivity contribution in [2.45, 2.75) is 32.7 Å². The van der Waals surface area contributed by atoms with Crippen LogP contribution in [0.5, 0.6) is 0 Å². The lowest BCUT2D eigenvalue weighted by Crippen LogP contribution is -2.34. The Balaban J connectivity index is 2.18. The molecule has 94 valence electrons. The van der Waals surface area contributed by atoms with Crippen molar-refractivity contribution < 1.29 is 0 Å². The minimum absolute atomic E-state index is 0.648. The molecule has 1 aliphatic rings. The maximum absolute atomic E-state index is 3.31. The first-order valence-corrected chi connectivity index (χ1v) is 6.77. The Bertz CT molecular complexity index is 362. The number of rotatable bonds is 4. The SMILES string of the molecule is CCc1ccccc1N1CCC(CNC)C1C. The van der Waals surface area contributed by atoms with E-state index in [1.807, 2.05) is 0 Å². The summed E-state index contributed by atoms with van der Waals surface area (Å²) in [6.45, 7) is 6.93. The van der Waals surface area contributed by atoms with Crippen LogP contribution in [0.3, 0.4) is 0 Å². The number of nitrogens with one attached hydrogen (secondary N) is 1. The van der Waals surface area contributed by atoms with Gasteiger partial charge in [-0.05, 0) is 50.9 Å². The molecule has 0 saturated carbocycles. The number of anilines is 1. The highest BCUT2D eigenvalue weighted by atomic mass is 15.2. The molecule has 0 aliphatic carbocycles. The lowest BCUT2D eigenvalue weighted by Gasteiger charge is -2.28. The summed E-state index contributed by atoms with van der Waals surface area (Å²) in [7, 11) is 2.05. The van der Waals surface area contributed by atoms with E-state index < -0.39 is 0 Å². The third kappa shape index (κ3) is 2.47. The minimum Gasteiger partial charge on any atom is -0.368 e. The van der Waals surface area contributed by atoms with E-state index in [0.29, 0.717) is 6.04 Å². The number of hydrogen-bond acceptors (Lipinski definition) is 2. The fourth-order valence-corrected chi connectivity index (χ4v) is 2.97. The Hall–Kier alpha value is -1.02. The van der Waals surface area contributed by atoms with Crippen LogP contribution in [0.15, 0.2) is 24.3 Å². The zero-order valence-electron chi connectivity index (χ0n) is 11.2. The van der Waals surface area contributed by atoms with E-state index in [1.54, 1.807) is 0 Å². The maximum Gasteiger partial charge on any atom is 0.0401 e. The van der Waals surface area contributed by atoms with Crippen molar-refractivity contribution in [3.63, 3.8) is 0 Å². The monoisotopic (exact) mass is 232 g/mol. The fourth-order valence-electron chi connectivity index (χ4n) is 2.97. The Morgan fingerprint density at radius 3 is 2.82 bits per heavy atom. The van der Waals surface area contributed by atoms with Crippen molar-refractivity contribution in [2.75, 3.05) is 25.0 Å². The normalized spacial score (nSPS) is 24.3. The molecule has 1 aromatic carbocycles. The molecule has 2 heteroatoms. The molecule has 1 N–H and O–H groups in total. The second-order valence-corrected chi connectivity index (χ2v) is 5.02. The van der Waals surface area contributed by atoms with E-state index in [9.17, 15) is 0 Å². The van der Waals surface area contributed by atoms with Gasteiger partial charge in [-0.1, -0.05) is 25.1 Å². The average Bonchev–Trinajstić information content (AvgIpc) is 2.72. The van der Waals surface area contributed by atoms with Gasteiger partial charge in [-0.15, -0.1) is 0 Å².